The number of aromatic nitrogens is 3. The number of hydrogen-bond acceptors (Lipinski definition) is 4. The number of nitrogens with zero attached hydrogens (tertiary/aromatic N) is 4. The second-order valence-corrected chi connectivity index (χ2v) is 6.36. The molecule has 0 atom stereocenters. The zero-order valence-electron chi connectivity index (χ0n) is 12.8. The van der Waals surface area contributed by atoms with Gasteiger partial charge in [-0.1, -0.05) is 0 Å². The molecule has 0 bridgehead atoms. The molecule has 0 unspecified atom stereocenters. The number of hydrogen-bond donors (Lipinski definition) is 0. The Morgan fingerprint density at radius 2 is 1.87 bits per heavy atom. The van der Waals surface area contributed by atoms with E-state index in [0.29, 0.717) is 37.0 Å². The molecule has 2 aliphatic rings. The average molecular weight is 310 g/mol. The van der Waals surface area contributed by atoms with Crippen LogP contribution in [0.25, 0.3) is 0 Å². The fourth-order valence-electron chi connectivity index (χ4n) is 2.97. The molecular weight excluding hydrogens is 292 g/mol. The summed E-state index contributed by atoms with van der Waals surface area (Å²) in [6, 6.07) is 6.90. The standard InChI is InChI=1S/C17H18N4O2/c22-16-4-3-15(13-1-2-13)19-21(16)11-12-9-20(10-12)17(23)14-5-7-18-8-6-14/h3-8,12-13H,1-2,9-11H2. The van der Waals surface area contributed by atoms with E-state index in [1.54, 1.807) is 40.2 Å². The van der Waals surface area contributed by atoms with Crippen molar-refractivity contribution in [1.29, 1.82) is 0 Å². The van der Waals surface area contributed by atoms with Crippen LogP contribution in [0.3, 0.4) is 0 Å². The number of rotatable bonds is 4. The highest BCUT2D eigenvalue weighted by molar-refractivity contribution is 5.94. The van der Waals surface area contributed by atoms with Crippen molar-refractivity contribution in [3.63, 3.8) is 0 Å². The van der Waals surface area contributed by atoms with Gasteiger partial charge in [0, 0.05) is 48.9 Å². The fourth-order valence-corrected chi connectivity index (χ4v) is 2.97. The van der Waals surface area contributed by atoms with Gasteiger partial charge in [0.1, 0.15) is 0 Å². The third-order valence-corrected chi connectivity index (χ3v) is 4.49. The van der Waals surface area contributed by atoms with Crippen molar-refractivity contribution in [2.24, 2.45) is 5.92 Å². The monoisotopic (exact) mass is 310 g/mol. The van der Waals surface area contributed by atoms with Crippen molar-refractivity contribution in [2.45, 2.75) is 25.3 Å². The van der Waals surface area contributed by atoms with Gasteiger partial charge >= 0.3 is 0 Å². The summed E-state index contributed by atoms with van der Waals surface area (Å²) in [5.74, 6) is 0.851. The van der Waals surface area contributed by atoms with Crippen LogP contribution in [0.5, 0.6) is 0 Å². The highest BCUT2D eigenvalue weighted by Gasteiger charge is 2.32. The van der Waals surface area contributed by atoms with Gasteiger partial charge in [-0.15, -0.1) is 0 Å². The molecule has 0 aromatic carbocycles. The van der Waals surface area contributed by atoms with Gasteiger partial charge in [0.05, 0.1) is 12.2 Å². The van der Waals surface area contributed by atoms with Crippen LogP contribution in [0.4, 0.5) is 0 Å². The summed E-state index contributed by atoms with van der Waals surface area (Å²) in [5.41, 5.74) is 1.62. The van der Waals surface area contributed by atoms with Crippen LogP contribution in [0.2, 0.25) is 0 Å². The van der Waals surface area contributed by atoms with Gasteiger partial charge in [0.15, 0.2) is 0 Å². The molecule has 1 aliphatic heterocycles. The van der Waals surface area contributed by atoms with Gasteiger partial charge in [-0.3, -0.25) is 14.6 Å². The van der Waals surface area contributed by atoms with Crippen LogP contribution in [0.1, 0.15) is 34.8 Å². The van der Waals surface area contributed by atoms with E-state index >= 15 is 0 Å². The largest absolute Gasteiger partial charge is 0.338 e. The fraction of sp³-hybridized carbons (Fsp3) is 0.412. The van der Waals surface area contributed by atoms with Crippen molar-refractivity contribution >= 4 is 5.91 Å². The van der Waals surface area contributed by atoms with E-state index in [1.165, 1.54) is 12.8 Å². The molecule has 6 heteroatoms. The lowest BCUT2D eigenvalue weighted by molar-refractivity contribution is 0.0458. The van der Waals surface area contributed by atoms with Crippen molar-refractivity contribution in [2.75, 3.05) is 13.1 Å². The molecule has 23 heavy (non-hydrogen) atoms. The van der Waals surface area contributed by atoms with Crippen molar-refractivity contribution < 1.29 is 4.79 Å². The smallest absolute Gasteiger partial charge is 0.266 e. The van der Waals surface area contributed by atoms with Crippen LogP contribution in [-0.4, -0.2) is 38.7 Å². The lowest BCUT2D eigenvalue weighted by atomic mass is 9.99. The summed E-state index contributed by atoms with van der Waals surface area (Å²) in [5, 5.41) is 4.48. The van der Waals surface area contributed by atoms with Crippen molar-refractivity contribution in [1.82, 2.24) is 19.7 Å². The second kappa shape index (κ2) is 5.61. The molecule has 3 heterocycles. The Bertz CT molecular complexity index is 777. The van der Waals surface area contributed by atoms with Crippen LogP contribution < -0.4 is 5.56 Å². The normalized spacial score (nSPS) is 17.8. The molecular formula is C17H18N4O2. The molecule has 1 aliphatic carbocycles. The number of pyridine rings is 1. The second-order valence-electron chi connectivity index (χ2n) is 6.36. The maximum absolute atomic E-state index is 12.3. The van der Waals surface area contributed by atoms with Gasteiger partial charge in [0.25, 0.3) is 11.5 Å². The zero-order chi connectivity index (χ0) is 15.8. The van der Waals surface area contributed by atoms with Gasteiger partial charge in [-0.2, -0.15) is 5.10 Å². The summed E-state index contributed by atoms with van der Waals surface area (Å²) < 4.78 is 1.56. The van der Waals surface area contributed by atoms with E-state index < -0.39 is 0 Å². The van der Waals surface area contributed by atoms with Gasteiger partial charge in [-0.25, -0.2) is 4.68 Å². The molecule has 1 saturated carbocycles. The predicted molar refractivity (Wildman–Crippen MR) is 84.1 cm³/mol. The summed E-state index contributed by atoms with van der Waals surface area (Å²) >= 11 is 0. The quantitative estimate of drug-likeness (QED) is 0.853. The lowest BCUT2D eigenvalue weighted by Crippen LogP contribution is -2.52. The minimum atomic E-state index is -0.0617. The molecule has 0 radical (unpaired) electrons. The Hall–Kier alpha value is -2.50. The molecule has 2 aromatic rings. The maximum atomic E-state index is 12.3. The van der Waals surface area contributed by atoms with Crippen LogP contribution in [-0.2, 0) is 6.54 Å². The van der Waals surface area contributed by atoms with Crippen molar-refractivity contribution in [3.05, 3.63) is 58.3 Å². The van der Waals surface area contributed by atoms with Gasteiger partial charge in [0.2, 0.25) is 0 Å². The first kappa shape index (κ1) is 14.1. The molecule has 6 nitrogen and oxygen atoms in total. The van der Waals surface area contributed by atoms with E-state index in [2.05, 4.69) is 10.1 Å². The Morgan fingerprint density at radius 3 is 2.57 bits per heavy atom. The van der Waals surface area contributed by atoms with E-state index in [4.69, 9.17) is 0 Å². The molecule has 118 valence electrons. The van der Waals surface area contributed by atoms with Crippen LogP contribution >= 0.6 is 0 Å². The molecule has 1 amide bonds. The molecule has 1 saturated heterocycles. The van der Waals surface area contributed by atoms with Gasteiger partial charge in [-0.05, 0) is 31.0 Å². The number of carbonyl (C=O) groups excluding carboxylic acids is 1. The highest BCUT2D eigenvalue weighted by Crippen LogP contribution is 2.38. The topological polar surface area (TPSA) is 68.1 Å². The maximum Gasteiger partial charge on any atom is 0.266 e. The Morgan fingerprint density at radius 1 is 1.13 bits per heavy atom. The zero-order valence-corrected chi connectivity index (χ0v) is 12.8. The number of likely N-dealkylation sites (tertiary alicyclic amines) is 1. The Balaban J connectivity index is 1.38. The van der Waals surface area contributed by atoms with E-state index in [0.717, 1.165) is 5.69 Å². The summed E-state index contributed by atoms with van der Waals surface area (Å²) in [6.45, 7) is 1.92. The highest BCUT2D eigenvalue weighted by atomic mass is 16.2. The lowest BCUT2D eigenvalue weighted by Gasteiger charge is -2.39. The van der Waals surface area contributed by atoms with E-state index in [-0.39, 0.29) is 11.5 Å². The van der Waals surface area contributed by atoms with E-state index in [1.807, 2.05) is 6.07 Å². The summed E-state index contributed by atoms with van der Waals surface area (Å²) in [6.07, 6.45) is 5.58. The Kier molecular flexibility index (Phi) is 3.44. The van der Waals surface area contributed by atoms with Crippen molar-refractivity contribution in [3.8, 4) is 0 Å². The summed E-state index contributed by atoms with van der Waals surface area (Å²) in [4.78, 5) is 29.9. The third kappa shape index (κ3) is 2.88. The number of carbonyl (C=O) groups is 1. The SMILES string of the molecule is O=C(c1ccncc1)N1CC(Cn2nc(C3CC3)ccc2=O)C1. The first-order valence-electron chi connectivity index (χ1n) is 7.98. The third-order valence-electron chi connectivity index (χ3n) is 4.49. The minimum absolute atomic E-state index is 0.0238. The van der Waals surface area contributed by atoms with E-state index in [9.17, 15) is 9.59 Å². The first-order valence-corrected chi connectivity index (χ1v) is 7.98. The van der Waals surface area contributed by atoms with Gasteiger partial charge < -0.3 is 4.90 Å². The Labute approximate surface area is 133 Å². The predicted octanol–water partition coefficient (Wildman–Crippen LogP) is 1.29. The van der Waals surface area contributed by atoms with Crippen LogP contribution in [0, 0.1) is 5.92 Å². The molecule has 2 aromatic heterocycles. The molecule has 2 fully saturated rings. The average Bonchev–Trinajstić information content (AvgIpc) is 3.37. The molecule has 4 rings (SSSR count). The minimum Gasteiger partial charge on any atom is -0.338 e. The molecule has 0 spiro atoms. The molecule has 0 N–H and O–H groups in total. The summed E-state index contributed by atoms with van der Waals surface area (Å²) in [7, 11) is 0. The number of amides is 1. The first-order chi connectivity index (χ1) is 11.2. The van der Waals surface area contributed by atoms with Crippen LogP contribution in [0.15, 0.2) is 41.5 Å².